The molecule has 1 amide bonds. The average molecular weight is 494 g/mol. The van der Waals surface area contributed by atoms with E-state index in [9.17, 15) is 4.79 Å². The summed E-state index contributed by atoms with van der Waals surface area (Å²) in [5, 5.41) is 10.4. The number of likely N-dealkylation sites (tertiary alicyclic amines) is 1. The van der Waals surface area contributed by atoms with Crippen LogP contribution < -0.4 is 10.6 Å². The van der Waals surface area contributed by atoms with Gasteiger partial charge >= 0.3 is 0 Å². The van der Waals surface area contributed by atoms with Gasteiger partial charge in [0, 0.05) is 39.2 Å². The molecule has 0 saturated carbocycles. The molecule has 0 bridgehead atoms. The molecule has 1 fully saturated rings. The van der Waals surface area contributed by atoms with Crippen molar-refractivity contribution < 1.29 is 14.1 Å². The normalized spacial score (nSPS) is 15.6. The first-order valence-electron chi connectivity index (χ1n) is 9.38. The van der Waals surface area contributed by atoms with Crippen molar-refractivity contribution in [3.05, 3.63) is 11.7 Å². The van der Waals surface area contributed by atoms with Crippen LogP contribution in [-0.4, -0.2) is 59.7 Å². The minimum absolute atomic E-state index is 0. The van der Waals surface area contributed by atoms with E-state index in [1.807, 2.05) is 25.7 Å². The quantitative estimate of drug-likeness (QED) is 0.221. The minimum atomic E-state index is -0.193. The molecule has 1 aromatic heterocycles. The number of nitrogens with zero attached hydrogens (tertiary/aromatic N) is 4. The molecule has 1 aromatic rings. The van der Waals surface area contributed by atoms with Gasteiger partial charge in [-0.1, -0.05) is 5.16 Å². The van der Waals surface area contributed by atoms with Crippen LogP contribution in [0.25, 0.3) is 0 Å². The Balaban J connectivity index is 0.00000364. The first kappa shape index (κ1) is 23.6. The summed E-state index contributed by atoms with van der Waals surface area (Å²) >= 11 is 0. The smallest absolute Gasteiger partial charge is 0.248 e. The van der Waals surface area contributed by atoms with Crippen LogP contribution in [0.3, 0.4) is 0 Å². The average Bonchev–Trinajstić information content (AvgIpc) is 3.26. The van der Waals surface area contributed by atoms with E-state index in [1.165, 1.54) is 0 Å². The number of carbonyl (C=O) groups excluding carboxylic acids is 1. The van der Waals surface area contributed by atoms with Crippen molar-refractivity contribution in [2.75, 3.05) is 32.8 Å². The fraction of sp³-hybridized carbons (Fsp3) is 0.765. The number of aromatic nitrogens is 2. The topological polar surface area (TPSA) is 105 Å². The predicted octanol–water partition coefficient (Wildman–Crippen LogP) is 1.85. The highest BCUT2D eigenvalue weighted by Crippen LogP contribution is 2.13. The maximum Gasteiger partial charge on any atom is 0.248 e. The number of hydrogen-bond acceptors (Lipinski definition) is 6. The molecule has 154 valence electrons. The van der Waals surface area contributed by atoms with Crippen molar-refractivity contribution in [1.82, 2.24) is 25.7 Å². The Morgan fingerprint density at radius 1 is 1.41 bits per heavy atom. The number of hydrogen-bond donors (Lipinski definition) is 2. The largest absolute Gasteiger partial charge is 0.371 e. The van der Waals surface area contributed by atoms with Crippen LogP contribution in [0, 0.1) is 0 Å². The fourth-order valence-electron chi connectivity index (χ4n) is 2.73. The second-order valence-corrected chi connectivity index (χ2v) is 6.10. The number of amides is 1. The number of nitrogens with one attached hydrogen (secondary N) is 2. The molecule has 1 unspecified atom stereocenters. The predicted molar refractivity (Wildman–Crippen MR) is 113 cm³/mol. The number of guanidine groups is 1. The van der Waals surface area contributed by atoms with Crippen LogP contribution in [-0.2, 0) is 16.1 Å². The van der Waals surface area contributed by atoms with Crippen LogP contribution in [0.15, 0.2) is 9.52 Å². The van der Waals surface area contributed by atoms with E-state index in [0.29, 0.717) is 37.2 Å². The van der Waals surface area contributed by atoms with Crippen molar-refractivity contribution in [1.29, 1.82) is 0 Å². The minimum Gasteiger partial charge on any atom is -0.371 e. The van der Waals surface area contributed by atoms with Crippen molar-refractivity contribution in [3.8, 4) is 0 Å². The van der Waals surface area contributed by atoms with Gasteiger partial charge in [-0.05, 0) is 33.6 Å². The molecule has 1 aliphatic heterocycles. The van der Waals surface area contributed by atoms with E-state index in [1.54, 1.807) is 0 Å². The monoisotopic (exact) mass is 494 g/mol. The third-order valence-corrected chi connectivity index (χ3v) is 4.05. The molecule has 1 aliphatic rings. The summed E-state index contributed by atoms with van der Waals surface area (Å²) in [6.07, 6.45) is 2.35. The van der Waals surface area contributed by atoms with E-state index in [-0.39, 0.29) is 36.0 Å². The van der Waals surface area contributed by atoms with Gasteiger partial charge in [-0.25, -0.2) is 4.99 Å². The lowest BCUT2D eigenvalue weighted by Crippen LogP contribution is -2.39. The molecular weight excluding hydrogens is 463 g/mol. The SMILES string of the molecule is CCNC(=NCc1nc(C(C)OCC)no1)NCCCN1CCCC1=O.I. The van der Waals surface area contributed by atoms with Crippen LogP contribution in [0.4, 0.5) is 0 Å². The van der Waals surface area contributed by atoms with Gasteiger partial charge in [-0.3, -0.25) is 4.79 Å². The molecule has 2 rings (SSSR count). The van der Waals surface area contributed by atoms with E-state index >= 15 is 0 Å². The van der Waals surface area contributed by atoms with Crippen LogP contribution in [0.5, 0.6) is 0 Å². The maximum atomic E-state index is 11.6. The van der Waals surface area contributed by atoms with Gasteiger partial charge in [0.2, 0.25) is 11.8 Å². The lowest BCUT2D eigenvalue weighted by molar-refractivity contribution is -0.127. The van der Waals surface area contributed by atoms with Crippen molar-refractivity contribution in [2.45, 2.75) is 52.7 Å². The Bertz CT molecular complexity index is 595. The first-order valence-corrected chi connectivity index (χ1v) is 9.38. The second kappa shape index (κ2) is 12.9. The molecule has 0 radical (unpaired) electrons. The summed E-state index contributed by atoms with van der Waals surface area (Å²) in [4.78, 5) is 22.3. The third kappa shape index (κ3) is 7.99. The van der Waals surface area contributed by atoms with Gasteiger partial charge in [-0.2, -0.15) is 4.98 Å². The lowest BCUT2D eigenvalue weighted by atomic mass is 10.4. The summed E-state index contributed by atoms with van der Waals surface area (Å²) in [6.45, 7) is 9.88. The highest BCUT2D eigenvalue weighted by molar-refractivity contribution is 14.0. The fourth-order valence-corrected chi connectivity index (χ4v) is 2.73. The number of ether oxygens (including phenoxy) is 1. The van der Waals surface area contributed by atoms with Crippen LogP contribution in [0.1, 0.15) is 57.9 Å². The summed E-state index contributed by atoms with van der Waals surface area (Å²) in [7, 11) is 0. The van der Waals surface area contributed by atoms with Crippen molar-refractivity contribution in [3.63, 3.8) is 0 Å². The van der Waals surface area contributed by atoms with Gasteiger partial charge < -0.3 is 24.8 Å². The Kier molecular flexibility index (Phi) is 11.3. The molecule has 10 heteroatoms. The van der Waals surface area contributed by atoms with Crippen LogP contribution >= 0.6 is 24.0 Å². The summed E-state index contributed by atoms with van der Waals surface area (Å²) < 4.78 is 10.7. The molecule has 27 heavy (non-hydrogen) atoms. The van der Waals surface area contributed by atoms with E-state index in [0.717, 1.165) is 39.0 Å². The van der Waals surface area contributed by atoms with Crippen LogP contribution in [0.2, 0.25) is 0 Å². The molecule has 9 nitrogen and oxygen atoms in total. The summed E-state index contributed by atoms with van der Waals surface area (Å²) in [6, 6.07) is 0. The Labute approximate surface area is 177 Å². The molecule has 0 aromatic carbocycles. The standard InChI is InChI=1S/C17H30N6O3.HI/c1-4-18-17(19-9-7-11-23-10-6-8-15(23)24)20-12-14-21-16(22-26-14)13(3)25-5-2;/h13H,4-12H2,1-3H3,(H2,18,19,20);1H. The zero-order chi connectivity index (χ0) is 18.8. The first-order chi connectivity index (χ1) is 12.6. The zero-order valence-electron chi connectivity index (χ0n) is 16.4. The second-order valence-electron chi connectivity index (χ2n) is 6.10. The maximum absolute atomic E-state index is 11.6. The lowest BCUT2D eigenvalue weighted by Gasteiger charge is -2.16. The molecular formula is C17H31IN6O3. The molecule has 2 heterocycles. The molecule has 0 spiro atoms. The third-order valence-electron chi connectivity index (χ3n) is 4.05. The van der Waals surface area contributed by atoms with E-state index in [2.05, 4.69) is 25.8 Å². The zero-order valence-corrected chi connectivity index (χ0v) is 18.7. The van der Waals surface area contributed by atoms with Gasteiger partial charge in [0.25, 0.3) is 0 Å². The van der Waals surface area contributed by atoms with Crippen molar-refractivity contribution >= 4 is 35.8 Å². The summed E-state index contributed by atoms with van der Waals surface area (Å²) in [5.74, 6) is 1.94. The highest BCUT2D eigenvalue weighted by atomic mass is 127. The Morgan fingerprint density at radius 3 is 2.89 bits per heavy atom. The number of halogens is 1. The highest BCUT2D eigenvalue weighted by Gasteiger charge is 2.19. The molecule has 1 saturated heterocycles. The van der Waals surface area contributed by atoms with Gasteiger partial charge in [0.15, 0.2) is 11.8 Å². The Hall–Kier alpha value is -1.43. The van der Waals surface area contributed by atoms with E-state index in [4.69, 9.17) is 9.26 Å². The van der Waals surface area contributed by atoms with Gasteiger partial charge in [0.1, 0.15) is 12.6 Å². The number of carbonyl (C=O) groups is 1. The molecule has 1 atom stereocenters. The molecule has 0 aliphatic carbocycles. The Morgan fingerprint density at radius 2 is 2.22 bits per heavy atom. The van der Waals surface area contributed by atoms with Gasteiger partial charge in [0.05, 0.1) is 0 Å². The number of rotatable bonds is 10. The molecule has 2 N–H and O–H groups in total. The van der Waals surface area contributed by atoms with E-state index < -0.39 is 0 Å². The van der Waals surface area contributed by atoms with Crippen molar-refractivity contribution in [2.24, 2.45) is 4.99 Å². The number of aliphatic imine (C=N–C) groups is 1. The summed E-state index contributed by atoms with van der Waals surface area (Å²) in [5.41, 5.74) is 0. The van der Waals surface area contributed by atoms with Gasteiger partial charge in [-0.15, -0.1) is 24.0 Å².